The Morgan fingerprint density at radius 2 is 2.07 bits per heavy atom. The molecule has 1 saturated heterocycles. The van der Waals surface area contributed by atoms with Crippen molar-refractivity contribution in [2.45, 2.75) is 12.7 Å². The molecule has 0 aliphatic carbocycles. The van der Waals surface area contributed by atoms with E-state index in [4.69, 9.17) is 9.47 Å². The van der Waals surface area contributed by atoms with Gasteiger partial charge in [0.1, 0.15) is 12.4 Å². The molecular weight excluding hydrogens is 186 g/mol. The minimum atomic E-state index is -0.532. The molecule has 0 aromatic heterocycles. The molecule has 1 aromatic rings. The summed E-state index contributed by atoms with van der Waals surface area (Å²) in [6.07, 6.45) is 0. The van der Waals surface area contributed by atoms with Gasteiger partial charge in [0.2, 0.25) is 5.79 Å². The third kappa shape index (κ3) is 1.82. The molecule has 2 rings (SSSR count). The van der Waals surface area contributed by atoms with Gasteiger partial charge < -0.3 is 9.47 Å². The van der Waals surface area contributed by atoms with E-state index in [1.165, 1.54) is 12.1 Å². The van der Waals surface area contributed by atoms with Gasteiger partial charge in [0, 0.05) is 19.1 Å². The number of non-ortho nitro benzene ring substituents is 1. The molecule has 0 N–H and O–H groups in total. The van der Waals surface area contributed by atoms with Crippen molar-refractivity contribution in [3.63, 3.8) is 0 Å². The van der Waals surface area contributed by atoms with E-state index >= 15 is 0 Å². The van der Waals surface area contributed by atoms with Crippen LogP contribution < -0.4 is 4.74 Å². The van der Waals surface area contributed by atoms with Crippen molar-refractivity contribution in [2.24, 2.45) is 0 Å². The Labute approximate surface area is 80.4 Å². The van der Waals surface area contributed by atoms with E-state index in [0.29, 0.717) is 12.4 Å². The van der Waals surface area contributed by atoms with Gasteiger partial charge in [0.25, 0.3) is 5.69 Å². The number of ether oxygens (including phenoxy) is 2. The maximum Gasteiger partial charge on any atom is 0.269 e. The predicted molar refractivity (Wildman–Crippen MR) is 48.1 cm³/mol. The van der Waals surface area contributed by atoms with Crippen LogP contribution in [0.2, 0.25) is 0 Å². The lowest BCUT2D eigenvalue weighted by atomic mass is 10.3. The Morgan fingerprint density at radius 3 is 2.50 bits per heavy atom. The van der Waals surface area contributed by atoms with Crippen LogP contribution in [0.1, 0.15) is 6.92 Å². The second-order valence-corrected chi connectivity index (χ2v) is 3.28. The molecule has 5 heteroatoms. The number of rotatable bonds is 3. The predicted octanol–water partition coefficient (Wildman–Crippen LogP) is 1.72. The van der Waals surface area contributed by atoms with Crippen molar-refractivity contribution in [3.8, 4) is 5.75 Å². The topological polar surface area (TPSA) is 64.9 Å². The van der Waals surface area contributed by atoms with Crippen molar-refractivity contribution in [1.82, 2.24) is 0 Å². The SMILES string of the molecule is CC1(Oc2ccc([N+](=O)[O-])cc2)CO1. The van der Waals surface area contributed by atoms with Gasteiger partial charge in [0.15, 0.2) is 0 Å². The van der Waals surface area contributed by atoms with E-state index in [1.807, 2.05) is 6.92 Å². The zero-order valence-electron chi connectivity index (χ0n) is 7.60. The lowest BCUT2D eigenvalue weighted by Crippen LogP contribution is -2.14. The smallest absolute Gasteiger partial charge is 0.269 e. The minimum Gasteiger partial charge on any atom is -0.460 e. The van der Waals surface area contributed by atoms with E-state index in [2.05, 4.69) is 0 Å². The molecule has 0 saturated carbocycles. The van der Waals surface area contributed by atoms with Crippen molar-refractivity contribution < 1.29 is 14.4 Å². The van der Waals surface area contributed by atoms with E-state index in [0.717, 1.165) is 0 Å². The molecule has 0 spiro atoms. The van der Waals surface area contributed by atoms with Crippen LogP contribution in [0.25, 0.3) is 0 Å². The molecule has 5 nitrogen and oxygen atoms in total. The molecule has 1 aromatic carbocycles. The second kappa shape index (κ2) is 2.95. The van der Waals surface area contributed by atoms with Gasteiger partial charge in [-0.05, 0) is 12.1 Å². The Balaban J connectivity index is 2.10. The Morgan fingerprint density at radius 1 is 1.50 bits per heavy atom. The van der Waals surface area contributed by atoms with Gasteiger partial charge in [-0.25, -0.2) is 0 Å². The summed E-state index contributed by atoms with van der Waals surface area (Å²) in [6, 6.07) is 5.93. The largest absolute Gasteiger partial charge is 0.460 e. The standard InChI is InChI=1S/C9H9NO4/c1-9(6-13-9)14-8-4-2-7(3-5-8)10(11)12/h2-5H,6H2,1H3. The highest BCUT2D eigenvalue weighted by Crippen LogP contribution is 2.30. The molecular formula is C9H9NO4. The third-order valence-corrected chi connectivity index (χ3v) is 1.93. The summed E-state index contributed by atoms with van der Waals surface area (Å²) in [7, 11) is 0. The van der Waals surface area contributed by atoms with Crippen LogP contribution >= 0.6 is 0 Å². The number of nitrogens with zero attached hydrogens (tertiary/aromatic N) is 1. The number of nitro benzene ring substituents is 1. The number of hydrogen-bond acceptors (Lipinski definition) is 4. The summed E-state index contributed by atoms with van der Waals surface area (Å²) in [4.78, 5) is 9.90. The van der Waals surface area contributed by atoms with Crippen molar-refractivity contribution in [1.29, 1.82) is 0 Å². The average molecular weight is 195 g/mol. The fourth-order valence-electron chi connectivity index (χ4n) is 1.05. The van der Waals surface area contributed by atoms with Crippen LogP contribution in [0.5, 0.6) is 5.75 Å². The molecule has 0 radical (unpaired) electrons. The highest BCUT2D eigenvalue weighted by atomic mass is 16.8. The van der Waals surface area contributed by atoms with Crippen molar-refractivity contribution in [2.75, 3.05) is 6.61 Å². The number of hydrogen-bond donors (Lipinski definition) is 0. The number of epoxide rings is 1. The first-order valence-corrected chi connectivity index (χ1v) is 4.16. The molecule has 74 valence electrons. The van der Waals surface area contributed by atoms with Crippen LogP contribution in [-0.2, 0) is 4.74 Å². The van der Waals surface area contributed by atoms with Gasteiger partial charge in [-0.2, -0.15) is 0 Å². The summed E-state index contributed by atoms with van der Waals surface area (Å²) in [5.41, 5.74) is 0.0548. The van der Waals surface area contributed by atoms with Crippen LogP contribution in [0, 0.1) is 10.1 Å². The maximum absolute atomic E-state index is 10.3. The van der Waals surface area contributed by atoms with Crippen molar-refractivity contribution in [3.05, 3.63) is 34.4 Å². The molecule has 0 amide bonds. The monoisotopic (exact) mass is 195 g/mol. The Bertz CT molecular complexity index is 356. The van der Waals surface area contributed by atoms with Gasteiger partial charge in [0.05, 0.1) is 4.92 Å². The molecule has 1 heterocycles. The fraction of sp³-hybridized carbons (Fsp3) is 0.333. The maximum atomic E-state index is 10.3. The van der Waals surface area contributed by atoms with E-state index < -0.39 is 10.7 Å². The highest BCUT2D eigenvalue weighted by molar-refractivity contribution is 5.36. The van der Waals surface area contributed by atoms with Gasteiger partial charge >= 0.3 is 0 Å². The molecule has 0 bridgehead atoms. The number of benzene rings is 1. The highest BCUT2D eigenvalue weighted by Gasteiger charge is 2.42. The Kier molecular flexibility index (Phi) is 1.89. The average Bonchev–Trinajstić information content (AvgIpc) is 2.84. The van der Waals surface area contributed by atoms with Crippen LogP contribution in [0.15, 0.2) is 24.3 Å². The second-order valence-electron chi connectivity index (χ2n) is 3.28. The molecule has 1 atom stereocenters. The molecule has 1 aliphatic rings. The normalized spacial score (nSPS) is 24.4. The minimum absolute atomic E-state index is 0.0548. The van der Waals surface area contributed by atoms with E-state index in [-0.39, 0.29) is 5.69 Å². The van der Waals surface area contributed by atoms with Crippen molar-refractivity contribution >= 4 is 5.69 Å². The first-order valence-electron chi connectivity index (χ1n) is 4.16. The van der Waals surface area contributed by atoms with E-state index in [9.17, 15) is 10.1 Å². The Hall–Kier alpha value is -1.62. The summed E-state index contributed by atoms with van der Waals surface area (Å²) in [5, 5.41) is 10.3. The third-order valence-electron chi connectivity index (χ3n) is 1.93. The summed E-state index contributed by atoms with van der Waals surface area (Å²) < 4.78 is 10.4. The number of nitro groups is 1. The van der Waals surface area contributed by atoms with Crippen LogP contribution in [-0.4, -0.2) is 17.3 Å². The first-order chi connectivity index (χ1) is 6.59. The zero-order valence-corrected chi connectivity index (χ0v) is 7.60. The molecule has 14 heavy (non-hydrogen) atoms. The summed E-state index contributed by atoms with van der Waals surface area (Å²) in [5.74, 6) is 0.0476. The lowest BCUT2D eigenvalue weighted by molar-refractivity contribution is -0.384. The van der Waals surface area contributed by atoms with Gasteiger partial charge in [-0.3, -0.25) is 10.1 Å². The first kappa shape index (κ1) is 8.96. The van der Waals surface area contributed by atoms with Gasteiger partial charge in [-0.15, -0.1) is 0 Å². The van der Waals surface area contributed by atoms with E-state index in [1.54, 1.807) is 12.1 Å². The zero-order chi connectivity index (χ0) is 10.2. The molecule has 1 fully saturated rings. The molecule has 1 aliphatic heterocycles. The summed E-state index contributed by atoms with van der Waals surface area (Å²) >= 11 is 0. The molecule has 1 unspecified atom stereocenters. The van der Waals surface area contributed by atoms with Gasteiger partial charge in [-0.1, -0.05) is 0 Å². The fourth-order valence-corrected chi connectivity index (χ4v) is 1.05. The van der Waals surface area contributed by atoms with Crippen LogP contribution in [0.4, 0.5) is 5.69 Å². The quantitative estimate of drug-likeness (QED) is 0.418. The summed E-state index contributed by atoms with van der Waals surface area (Å²) in [6.45, 7) is 2.37. The van der Waals surface area contributed by atoms with Crippen LogP contribution in [0.3, 0.4) is 0 Å². The lowest BCUT2D eigenvalue weighted by Gasteiger charge is -2.08.